The van der Waals surface area contributed by atoms with Gasteiger partial charge in [-0.2, -0.15) is 0 Å². The number of nitrogens with zero attached hydrogens (tertiary/aromatic N) is 2. The molecule has 3 atom stereocenters. The molecule has 1 aliphatic rings. The summed E-state index contributed by atoms with van der Waals surface area (Å²) in [6.45, 7) is 3.93. The maximum Gasteiger partial charge on any atom is 0.328 e. The first-order chi connectivity index (χ1) is 14.8. The van der Waals surface area contributed by atoms with E-state index in [2.05, 4.69) is 16.0 Å². The number of aromatic nitrogens is 1. The van der Waals surface area contributed by atoms with Crippen molar-refractivity contribution in [3.63, 3.8) is 0 Å². The van der Waals surface area contributed by atoms with E-state index in [-0.39, 0.29) is 23.6 Å². The summed E-state index contributed by atoms with van der Waals surface area (Å²) < 4.78 is 10.4. The van der Waals surface area contributed by atoms with E-state index in [0.29, 0.717) is 37.5 Å². The number of ether oxygens (including phenoxy) is 1. The summed E-state index contributed by atoms with van der Waals surface area (Å²) in [6, 6.07) is 7.64. The SMILES string of the molecule is COC(=O)C(Cc1ccccc1)NC(=O)C1CCCN1C(=O)c1nc(C(C)[NH3+])oc1C. The number of carbonyl (C=O) groups excluding carboxylic acids is 3. The summed E-state index contributed by atoms with van der Waals surface area (Å²) >= 11 is 0. The molecule has 3 unspecified atom stereocenters. The standard InChI is InChI=1S/C22H28N4O5/c1-13(23)20-25-18(14(2)31-20)21(28)26-11-7-10-17(26)19(27)24-16(22(29)30-3)12-15-8-5-4-6-9-15/h4-6,8-9,13,16-17H,7,10-12,23H2,1-3H3,(H,24,27)/p+1. The smallest absolute Gasteiger partial charge is 0.328 e. The quantitative estimate of drug-likeness (QED) is 0.626. The molecular formula is C22H29N4O5+. The Balaban J connectivity index is 1.74. The van der Waals surface area contributed by atoms with Crippen molar-refractivity contribution in [1.29, 1.82) is 0 Å². The number of hydrogen-bond donors (Lipinski definition) is 2. The van der Waals surface area contributed by atoms with Crippen LogP contribution >= 0.6 is 0 Å². The van der Waals surface area contributed by atoms with Crippen molar-refractivity contribution >= 4 is 17.8 Å². The molecule has 0 radical (unpaired) electrons. The third kappa shape index (κ3) is 5.11. The number of likely N-dealkylation sites (tertiary alicyclic amines) is 1. The third-order valence-electron chi connectivity index (χ3n) is 5.34. The van der Waals surface area contributed by atoms with Gasteiger partial charge in [0.15, 0.2) is 11.7 Å². The van der Waals surface area contributed by atoms with Crippen LogP contribution in [0.1, 0.15) is 53.5 Å². The molecule has 2 aromatic rings. The maximum atomic E-state index is 13.1. The number of quaternary nitrogens is 1. The number of hydrogen-bond acceptors (Lipinski definition) is 6. The van der Waals surface area contributed by atoms with Gasteiger partial charge in [0, 0.05) is 13.0 Å². The molecule has 3 rings (SSSR count). The Labute approximate surface area is 180 Å². The van der Waals surface area contributed by atoms with E-state index in [0.717, 1.165) is 5.56 Å². The number of nitrogens with one attached hydrogen (secondary N) is 1. The van der Waals surface area contributed by atoms with Crippen molar-refractivity contribution in [3.05, 3.63) is 53.2 Å². The zero-order valence-electron chi connectivity index (χ0n) is 18.1. The van der Waals surface area contributed by atoms with Gasteiger partial charge in [-0.3, -0.25) is 9.59 Å². The monoisotopic (exact) mass is 429 g/mol. The Bertz CT molecular complexity index is 941. The Morgan fingerprint density at radius 2 is 2.03 bits per heavy atom. The first kappa shape index (κ1) is 22.5. The van der Waals surface area contributed by atoms with Crippen LogP contribution in [0.25, 0.3) is 0 Å². The third-order valence-corrected chi connectivity index (χ3v) is 5.34. The van der Waals surface area contributed by atoms with E-state index in [1.165, 1.54) is 12.0 Å². The molecular weight excluding hydrogens is 400 g/mol. The van der Waals surface area contributed by atoms with Gasteiger partial charge in [-0.25, -0.2) is 9.78 Å². The van der Waals surface area contributed by atoms with Crippen molar-refractivity contribution < 1.29 is 29.3 Å². The molecule has 0 bridgehead atoms. The highest BCUT2D eigenvalue weighted by molar-refractivity contribution is 5.98. The van der Waals surface area contributed by atoms with E-state index in [9.17, 15) is 14.4 Å². The number of amides is 2. The molecule has 0 spiro atoms. The van der Waals surface area contributed by atoms with E-state index in [4.69, 9.17) is 9.15 Å². The second-order valence-electron chi connectivity index (χ2n) is 7.79. The van der Waals surface area contributed by atoms with Crippen LogP contribution < -0.4 is 11.1 Å². The summed E-state index contributed by atoms with van der Waals surface area (Å²) in [5.41, 5.74) is 4.95. The summed E-state index contributed by atoms with van der Waals surface area (Å²) in [4.78, 5) is 44.2. The van der Waals surface area contributed by atoms with Crippen LogP contribution in [-0.4, -0.2) is 53.4 Å². The highest BCUT2D eigenvalue weighted by Gasteiger charge is 2.38. The summed E-state index contributed by atoms with van der Waals surface area (Å²) in [6.07, 6.45) is 1.49. The lowest BCUT2D eigenvalue weighted by Gasteiger charge is -2.25. The fourth-order valence-corrected chi connectivity index (χ4v) is 3.70. The van der Waals surface area contributed by atoms with Crippen LogP contribution in [0.15, 0.2) is 34.7 Å². The minimum absolute atomic E-state index is 0.194. The lowest BCUT2D eigenvalue weighted by Crippen LogP contribution is -2.52. The lowest BCUT2D eigenvalue weighted by atomic mass is 10.1. The van der Waals surface area contributed by atoms with Crippen LogP contribution in [0, 0.1) is 6.92 Å². The Morgan fingerprint density at radius 3 is 2.65 bits per heavy atom. The van der Waals surface area contributed by atoms with Crippen molar-refractivity contribution in [2.75, 3.05) is 13.7 Å². The average Bonchev–Trinajstić information content (AvgIpc) is 3.40. The van der Waals surface area contributed by atoms with Gasteiger partial charge in [0.1, 0.15) is 17.8 Å². The van der Waals surface area contributed by atoms with E-state index in [1.54, 1.807) is 6.92 Å². The van der Waals surface area contributed by atoms with Crippen LogP contribution in [0.2, 0.25) is 0 Å². The van der Waals surface area contributed by atoms with E-state index in [1.807, 2.05) is 37.3 Å². The number of carbonyl (C=O) groups is 3. The number of rotatable bonds is 7. The molecule has 9 nitrogen and oxygen atoms in total. The minimum atomic E-state index is -0.843. The summed E-state index contributed by atoms with van der Waals surface area (Å²) in [5.74, 6) is -0.491. The predicted molar refractivity (Wildman–Crippen MR) is 111 cm³/mol. The molecule has 1 saturated heterocycles. The van der Waals surface area contributed by atoms with Gasteiger partial charge in [0.2, 0.25) is 5.91 Å². The Kier molecular flexibility index (Phi) is 7.06. The molecule has 2 amide bonds. The zero-order valence-corrected chi connectivity index (χ0v) is 18.1. The fourth-order valence-electron chi connectivity index (χ4n) is 3.70. The molecule has 2 heterocycles. The minimum Gasteiger partial charge on any atom is -0.467 e. The number of oxazole rings is 1. The van der Waals surface area contributed by atoms with Crippen molar-refractivity contribution in [3.8, 4) is 0 Å². The van der Waals surface area contributed by atoms with Gasteiger partial charge in [-0.1, -0.05) is 30.3 Å². The zero-order chi connectivity index (χ0) is 22.5. The first-order valence-electron chi connectivity index (χ1n) is 10.3. The normalized spacial score (nSPS) is 17.8. The fraction of sp³-hybridized carbons (Fsp3) is 0.455. The van der Waals surface area contributed by atoms with Crippen LogP contribution in [-0.2, 0) is 20.7 Å². The van der Waals surface area contributed by atoms with Gasteiger partial charge < -0.3 is 25.1 Å². The maximum absolute atomic E-state index is 13.1. The van der Waals surface area contributed by atoms with Crippen LogP contribution in [0.5, 0.6) is 0 Å². The first-order valence-corrected chi connectivity index (χ1v) is 10.3. The second kappa shape index (κ2) is 9.74. The van der Waals surface area contributed by atoms with Gasteiger partial charge in [-0.15, -0.1) is 0 Å². The molecule has 9 heteroatoms. The Hall–Kier alpha value is -3.20. The molecule has 166 valence electrons. The van der Waals surface area contributed by atoms with Gasteiger partial charge in [0.05, 0.1) is 7.11 Å². The number of methoxy groups -OCH3 is 1. The topological polar surface area (TPSA) is 129 Å². The summed E-state index contributed by atoms with van der Waals surface area (Å²) in [7, 11) is 1.28. The van der Waals surface area contributed by atoms with Crippen LogP contribution in [0.3, 0.4) is 0 Å². The summed E-state index contributed by atoms with van der Waals surface area (Å²) in [5, 5.41) is 2.77. The van der Waals surface area contributed by atoms with E-state index >= 15 is 0 Å². The molecule has 0 aliphatic carbocycles. The molecule has 1 aromatic carbocycles. The highest BCUT2D eigenvalue weighted by Crippen LogP contribution is 2.23. The number of aryl methyl sites for hydroxylation is 1. The molecule has 1 aliphatic heterocycles. The average molecular weight is 429 g/mol. The Morgan fingerprint density at radius 1 is 1.32 bits per heavy atom. The molecule has 4 N–H and O–H groups in total. The van der Waals surface area contributed by atoms with Gasteiger partial charge >= 0.3 is 5.97 Å². The molecule has 31 heavy (non-hydrogen) atoms. The van der Waals surface area contributed by atoms with Gasteiger partial charge in [0.25, 0.3) is 11.8 Å². The molecule has 0 saturated carbocycles. The number of esters is 1. The second-order valence-corrected chi connectivity index (χ2v) is 7.79. The van der Waals surface area contributed by atoms with Crippen molar-refractivity contribution in [2.45, 2.75) is 51.2 Å². The lowest BCUT2D eigenvalue weighted by molar-refractivity contribution is -0.425. The molecule has 1 fully saturated rings. The largest absolute Gasteiger partial charge is 0.467 e. The molecule has 1 aromatic heterocycles. The van der Waals surface area contributed by atoms with Gasteiger partial charge in [-0.05, 0) is 32.3 Å². The van der Waals surface area contributed by atoms with E-state index < -0.39 is 18.1 Å². The highest BCUT2D eigenvalue weighted by atomic mass is 16.5. The van der Waals surface area contributed by atoms with Crippen molar-refractivity contribution in [2.24, 2.45) is 0 Å². The predicted octanol–water partition coefficient (Wildman–Crippen LogP) is 0.791. The van der Waals surface area contributed by atoms with Crippen LogP contribution in [0.4, 0.5) is 0 Å². The van der Waals surface area contributed by atoms with Crippen molar-refractivity contribution in [1.82, 2.24) is 15.2 Å². The number of benzene rings is 1.